The lowest BCUT2D eigenvalue weighted by molar-refractivity contribution is 0.129. The van der Waals surface area contributed by atoms with E-state index in [9.17, 15) is 5.11 Å². The summed E-state index contributed by atoms with van der Waals surface area (Å²) in [5.41, 5.74) is 1.12. The fourth-order valence-corrected chi connectivity index (χ4v) is 2.78. The van der Waals surface area contributed by atoms with Crippen LogP contribution in [0.1, 0.15) is 25.7 Å². The molecule has 1 fully saturated rings. The molecule has 0 aromatic heterocycles. The molecule has 0 radical (unpaired) electrons. The van der Waals surface area contributed by atoms with Gasteiger partial charge in [0.1, 0.15) is 5.75 Å². The summed E-state index contributed by atoms with van der Waals surface area (Å²) >= 11 is 0. The Balaban J connectivity index is 1.92. The van der Waals surface area contributed by atoms with Crippen molar-refractivity contribution in [1.29, 1.82) is 0 Å². The summed E-state index contributed by atoms with van der Waals surface area (Å²) in [7, 11) is 3.78. The van der Waals surface area contributed by atoms with Crippen LogP contribution in [0.5, 0.6) is 5.75 Å². The fourth-order valence-electron chi connectivity index (χ4n) is 2.78. The van der Waals surface area contributed by atoms with E-state index < -0.39 is 0 Å². The van der Waals surface area contributed by atoms with Gasteiger partial charge < -0.3 is 14.7 Å². The fraction of sp³-hybridized carbons (Fsp3) is 0.600. The van der Waals surface area contributed by atoms with Crippen LogP contribution in [-0.2, 0) is 0 Å². The number of hydrogen-bond acceptors (Lipinski definition) is 3. The second-order valence-electron chi connectivity index (χ2n) is 5.14. The van der Waals surface area contributed by atoms with Gasteiger partial charge in [-0.1, -0.05) is 18.6 Å². The predicted octanol–water partition coefficient (Wildman–Crippen LogP) is 2.68. The van der Waals surface area contributed by atoms with E-state index in [0.717, 1.165) is 30.8 Å². The number of anilines is 1. The number of para-hydroxylation sites is 2. The molecule has 1 aliphatic rings. The van der Waals surface area contributed by atoms with Crippen molar-refractivity contribution < 1.29 is 9.84 Å². The molecule has 2 rings (SSSR count). The molecule has 1 saturated carbocycles. The Bertz CT molecular complexity index is 381. The molecule has 1 aromatic carbocycles. The molecule has 3 heteroatoms. The highest BCUT2D eigenvalue weighted by atomic mass is 16.5. The summed E-state index contributed by atoms with van der Waals surface area (Å²) in [4.78, 5) is 2.21. The van der Waals surface area contributed by atoms with Gasteiger partial charge in [-0.2, -0.15) is 0 Å². The van der Waals surface area contributed by atoms with Gasteiger partial charge >= 0.3 is 0 Å². The van der Waals surface area contributed by atoms with Crippen LogP contribution in [0.15, 0.2) is 24.3 Å². The highest BCUT2D eigenvalue weighted by molar-refractivity contribution is 5.57. The summed E-state index contributed by atoms with van der Waals surface area (Å²) in [5, 5.41) is 9.83. The minimum atomic E-state index is -0.0870. The molecule has 0 aliphatic heterocycles. The first-order valence-electron chi connectivity index (χ1n) is 6.74. The first-order chi connectivity index (χ1) is 8.72. The van der Waals surface area contributed by atoms with Gasteiger partial charge in [0, 0.05) is 13.6 Å². The molecular weight excluding hydrogens is 226 g/mol. The van der Waals surface area contributed by atoms with Crippen LogP contribution in [0.25, 0.3) is 0 Å². The molecule has 1 N–H and O–H groups in total. The molecule has 0 bridgehead atoms. The van der Waals surface area contributed by atoms with Gasteiger partial charge in [0.2, 0.25) is 0 Å². The third kappa shape index (κ3) is 2.96. The Morgan fingerprint density at radius 1 is 1.33 bits per heavy atom. The second-order valence-corrected chi connectivity index (χ2v) is 5.14. The van der Waals surface area contributed by atoms with Crippen LogP contribution in [0.3, 0.4) is 0 Å². The van der Waals surface area contributed by atoms with E-state index in [1.54, 1.807) is 7.11 Å². The number of nitrogens with zero attached hydrogens (tertiary/aromatic N) is 1. The lowest BCUT2D eigenvalue weighted by Gasteiger charge is -2.24. The molecule has 0 spiro atoms. The summed E-state index contributed by atoms with van der Waals surface area (Å²) in [5.74, 6) is 1.38. The maximum Gasteiger partial charge on any atom is 0.142 e. The number of benzene rings is 1. The van der Waals surface area contributed by atoms with Crippen LogP contribution < -0.4 is 9.64 Å². The van der Waals surface area contributed by atoms with Crippen LogP contribution >= 0.6 is 0 Å². The lowest BCUT2D eigenvalue weighted by atomic mass is 10.0. The highest BCUT2D eigenvalue weighted by Gasteiger charge is 2.25. The average molecular weight is 249 g/mol. The van der Waals surface area contributed by atoms with Crippen molar-refractivity contribution in [2.24, 2.45) is 5.92 Å². The summed E-state index contributed by atoms with van der Waals surface area (Å²) in [6, 6.07) is 8.07. The average Bonchev–Trinajstić information content (AvgIpc) is 2.81. The molecule has 1 aliphatic carbocycles. The molecule has 0 heterocycles. The molecule has 100 valence electrons. The number of rotatable bonds is 5. The zero-order valence-corrected chi connectivity index (χ0v) is 11.3. The van der Waals surface area contributed by atoms with Crippen molar-refractivity contribution in [1.82, 2.24) is 0 Å². The maximum atomic E-state index is 9.83. The Hall–Kier alpha value is -1.22. The summed E-state index contributed by atoms with van der Waals surface area (Å²) in [6.07, 6.45) is 4.28. The standard InChI is InChI=1S/C15H23NO2/c1-16(11-10-12-6-5-8-14(12)17)13-7-3-4-9-15(13)18-2/h3-4,7,9,12,14,17H,5-6,8,10-11H2,1-2H3. The Morgan fingerprint density at radius 2 is 2.11 bits per heavy atom. The number of aliphatic hydroxyl groups is 1. The van der Waals surface area contributed by atoms with E-state index in [1.165, 1.54) is 12.8 Å². The van der Waals surface area contributed by atoms with Crippen molar-refractivity contribution in [3.05, 3.63) is 24.3 Å². The number of hydrogen-bond donors (Lipinski definition) is 1. The van der Waals surface area contributed by atoms with Crippen molar-refractivity contribution in [3.8, 4) is 5.75 Å². The van der Waals surface area contributed by atoms with Gasteiger partial charge in [0.15, 0.2) is 0 Å². The minimum absolute atomic E-state index is 0.0870. The van der Waals surface area contributed by atoms with Gasteiger partial charge in [0.25, 0.3) is 0 Å². The summed E-state index contributed by atoms with van der Waals surface area (Å²) in [6.45, 7) is 0.960. The van der Waals surface area contributed by atoms with E-state index in [2.05, 4.69) is 18.0 Å². The second kappa shape index (κ2) is 6.10. The molecule has 2 atom stereocenters. The van der Waals surface area contributed by atoms with Crippen molar-refractivity contribution in [2.75, 3.05) is 25.6 Å². The van der Waals surface area contributed by atoms with Gasteiger partial charge in [0.05, 0.1) is 18.9 Å². The van der Waals surface area contributed by atoms with Gasteiger partial charge in [-0.3, -0.25) is 0 Å². The van der Waals surface area contributed by atoms with Crippen LogP contribution in [0.2, 0.25) is 0 Å². The van der Waals surface area contributed by atoms with Crippen molar-refractivity contribution in [3.63, 3.8) is 0 Å². The van der Waals surface area contributed by atoms with E-state index in [4.69, 9.17) is 4.74 Å². The van der Waals surface area contributed by atoms with E-state index in [1.807, 2.05) is 18.2 Å². The van der Waals surface area contributed by atoms with E-state index in [0.29, 0.717) is 5.92 Å². The number of ether oxygens (including phenoxy) is 1. The van der Waals surface area contributed by atoms with Gasteiger partial charge in [-0.25, -0.2) is 0 Å². The van der Waals surface area contributed by atoms with Gasteiger partial charge in [-0.15, -0.1) is 0 Å². The first-order valence-corrected chi connectivity index (χ1v) is 6.74. The molecule has 0 amide bonds. The molecule has 2 unspecified atom stereocenters. The maximum absolute atomic E-state index is 9.83. The first kappa shape index (κ1) is 13.2. The van der Waals surface area contributed by atoms with E-state index in [-0.39, 0.29) is 6.10 Å². The third-order valence-electron chi connectivity index (χ3n) is 3.95. The van der Waals surface area contributed by atoms with Crippen LogP contribution in [0, 0.1) is 5.92 Å². The normalized spacial score (nSPS) is 23.1. The topological polar surface area (TPSA) is 32.7 Å². The number of methoxy groups -OCH3 is 1. The molecule has 3 nitrogen and oxygen atoms in total. The Labute approximate surface area is 109 Å². The van der Waals surface area contributed by atoms with Crippen LogP contribution in [-0.4, -0.2) is 31.9 Å². The quantitative estimate of drug-likeness (QED) is 0.871. The third-order valence-corrected chi connectivity index (χ3v) is 3.95. The van der Waals surface area contributed by atoms with Gasteiger partial charge in [-0.05, 0) is 37.3 Å². The molecule has 0 saturated heterocycles. The van der Waals surface area contributed by atoms with E-state index >= 15 is 0 Å². The predicted molar refractivity (Wildman–Crippen MR) is 74.2 cm³/mol. The van der Waals surface area contributed by atoms with Crippen molar-refractivity contribution in [2.45, 2.75) is 31.8 Å². The van der Waals surface area contributed by atoms with Crippen LogP contribution in [0.4, 0.5) is 5.69 Å². The highest BCUT2D eigenvalue weighted by Crippen LogP contribution is 2.30. The summed E-state index contributed by atoms with van der Waals surface area (Å²) < 4.78 is 5.37. The number of aliphatic hydroxyl groups excluding tert-OH is 1. The molecule has 18 heavy (non-hydrogen) atoms. The molecule has 1 aromatic rings. The molecular formula is C15H23NO2. The zero-order valence-electron chi connectivity index (χ0n) is 11.3. The zero-order chi connectivity index (χ0) is 13.0. The smallest absolute Gasteiger partial charge is 0.142 e. The largest absolute Gasteiger partial charge is 0.495 e. The monoisotopic (exact) mass is 249 g/mol. The Morgan fingerprint density at radius 3 is 2.78 bits per heavy atom. The SMILES string of the molecule is COc1ccccc1N(C)CCC1CCCC1O. The van der Waals surface area contributed by atoms with Crippen molar-refractivity contribution >= 4 is 5.69 Å². The minimum Gasteiger partial charge on any atom is -0.495 e. The lowest BCUT2D eigenvalue weighted by Crippen LogP contribution is -2.24. The Kier molecular flexibility index (Phi) is 4.48.